The molecule has 1 aliphatic rings. The fourth-order valence-electron chi connectivity index (χ4n) is 3.21. The normalized spacial score (nSPS) is 14.2. The van der Waals surface area contributed by atoms with Crippen molar-refractivity contribution in [1.82, 2.24) is 10.1 Å². The molecular formula is C22H22N4O4. The van der Waals surface area contributed by atoms with Gasteiger partial charge in [0.1, 0.15) is 12.4 Å². The number of benzene rings is 1. The van der Waals surface area contributed by atoms with E-state index in [0.717, 1.165) is 29.5 Å². The second kappa shape index (κ2) is 7.98. The van der Waals surface area contributed by atoms with Gasteiger partial charge in [0, 0.05) is 24.8 Å². The zero-order chi connectivity index (χ0) is 21.1. The maximum Gasteiger partial charge on any atom is 0.302 e. The van der Waals surface area contributed by atoms with Gasteiger partial charge in [0.25, 0.3) is 0 Å². The molecule has 1 fully saturated rings. The van der Waals surface area contributed by atoms with Gasteiger partial charge >= 0.3 is 5.97 Å². The van der Waals surface area contributed by atoms with E-state index in [1.807, 2.05) is 30.3 Å². The Morgan fingerprint density at radius 1 is 1.17 bits per heavy atom. The molecule has 154 valence electrons. The first-order valence-corrected chi connectivity index (χ1v) is 9.65. The molecule has 3 N–H and O–H groups in total. The van der Waals surface area contributed by atoms with E-state index in [-0.39, 0.29) is 36.2 Å². The molecule has 0 atom stereocenters. The summed E-state index contributed by atoms with van der Waals surface area (Å²) in [5, 5.41) is 6.77. The average molecular weight is 406 g/mol. The molecule has 4 rings (SSSR count). The minimum absolute atomic E-state index is 0.203. The van der Waals surface area contributed by atoms with Crippen LogP contribution in [0.15, 0.2) is 53.2 Å². The standard InChI is InChI=1S/C22H22N4O4/c1-14(27)29-13-22(8-9-22)18-11-21(30-26-18)25-20(28)10-15-2-4-16(5-3-15)17-6-7-19(23)24-12-17/h2-7,11-12H,8-10,13H2,1H3,(H2,23,24)(H,25,28). The number of pyridine rings is 1. The summed E-state index contributed by atoms with van der Waals surface area (Å²) in [5.41, 5.74) is 8.84. The first-order valence-electron chi connectivity index (χ1n) is 9.65. The van der Waals surface area contributed by atoms with Crippen LogP contribution in [0.5, 0.6) is 0 Å². The molecule has 2 aromatic heterocycles. The largest absolute Gasteiger partial charge is 0.465 e. The number of carbonyl (C=O) groups is 2. The number of ether oxygens (including phenoxy) is 1. The molecule has 30 heavy (non-hydrogen) atoms. The maximum absolute atomic E-state index is 12.4. The number of nitrogens with one attached hydrogen (secondary N) is 1. The Morgan fingerprint density at radius 3 is 2.53 bits per heavy atom. The lowest BCUT2D eigenvalue weighted by atomic mass is 10.0. The molecule has 3 aromatic rings. The summed E-state index contributed by atoms with van der Waals surface area (Å²) >= 11 is 0. The monoisotopic (exact) mass is 406 g/mol. The van der Waals surface area contributed by atoms with Crippen LogP contribution >= 0.6 is 0 Å². The van der Waals surface area contributed by atoms with Gasteiger partial charge < -0.3 is 15.0 Å². The summed E-state index contributed by atoms with van der Waals surface area (Å²) in [6.45, 7) is 1.65. The van der Waals surface area contributed by atoms with Crippen molar-refractivity contribution in [3.05, 3.63) is 59.9 Å². The first-order chi connectivity index (χ1) is 14.4. The van der Waals surface area contributed by atoms with Crippen molar-refractivity contribution in [1.29, 1.82) is 0 Å². The molecule has 1 amide bonds. The lowest BCUT2D eigenvalue weighted by molar-refractivity contribution is -0.141. The molecule has 8 heteroatoms. The molecule has 8 nitrogen and oxygen atoms in total. The lowest BCUT2D eigenvalue weighted by Gasteiger charge is -2.10. The van der Waals surface area contributed by atoms with Crippen LogP contribution < -0.4 is 11.1 Å². The quantitative estimate of drug-likeness (QED) is 0.578. The Kier molecular flexibility index (Phi) is 5.22. The highest BCUT2D eigenvalue weighted by Gasteiger charge is 2.48. The predicted octanol–water partition coefficient (Wildman–Crippen LogP) is 3.09. The van der Waals surface area contributed by atoms with E-state index in [9.17, 15) is 9.59 Å². The fraction of sp³-hybridized carbons (Fsp3) is 0.273. The van der Waals surface area contributed by atoms with E-state index in [2.05, 4.69) is 15.5 Å². The number of esters is 1. The Labute approximate surface area is 173 Å². The van der Waals surface area contributed by atoms with Crippen LogP contribution in [0.2, 0.25) is 0 Å². The zero-order valence-electron chi connectivity index (χ0n) is 16.6. The number of hydrogen-bond acceptors (Lipinski definition) is 7. The predicted molar refractivity (Wildman–Crippen MR) is 110 cm³/mol. The highest BCUT2D eigenvalue weighted by atomic mass is 16.5. The van der Waals surface area contributed by atoms with Crippen molar-refractivity contribution >= 4 is 23.6 Å². The van der Waals surface area contributed by atoms with E-state index in [0.29, 0.717) is 11.5 Å². The van der Waals surface area contributed by atoms with Gasteiger partial charge in [0.05, 0.1) is 17.5 Å². The average Bonchev–Trinajstić information content (AvgIpc) is 3.38. The summed E-state index contributed by atoms with van der Waals surface area (Å²) in [5.74, 6) is 0.233. The summed E-state index contributed by atoms with van der Waals surface area (Å²) in [6.07, 6.45) is 3.66. The Hall–Kier alpha value is -3.68. The third-order valence-electron chi connectivity index (χ3n) is 5.16. The highest BCUT2D eigenvalue weighted by molar-refractivity contribution is 5.91. The second-order valence-electron chi connectivity index (χ2n) is 7.53. The van der Waals surface area contributed by atoms with Crippen molar-refractivity contribution in [2.75, 3.05) is 17.7 Å². The van der Waals surface area contributed by atoms with E-state index >= 15 is 0 Å². The first kappa shape index (κ1) is 19.6. The van der Waals surface area contributed by atoms with Gasteiger partial charge in [0.15, 0.2) is 0 Å². The van der Waals surface area contributed by atoms with Crippen molar-refractivity contribution in [2.45, 2.75) is 31.6 Å². The van der Waals surface area contributed by atoms with Crippen molar-refractivity contribution in [3.63, 3.8) is 0 Å². The van der Waals surface area contributed by atoms with E-state index in [4.69, 9.17) is 15.0 Å². The molecule has 0 unspecified atom stereocenters. The summed E-state index contributed by atoms with van der Waals surface area (Å²) in [4.78, 5) is 27.5. The van der Waals surface area contributed by atoms with Gasteiger partial charge in [-0.05, 0) is 36.1 Å². The van der Waals surface area contributed by atoms with Crippen LogP contribution in [-0.4, -0.2) is 28.6 Å². The fourth-order valence-corrected chi connectivity index (χ4v) is 3.21. The van der Waals surface area contributed by atoms with Gasteiger partial charge in [-0.3, -0.25) is 14.9 Å². The number of hydrogen-bond donors (Lipinski definition) is 2. The Balaban J connectivity index is 1.34. The molecule has 0 bridgehead atoms. The van der Waals surface area contributed by atoms with Crippen LogP contribution in [-0.2, 0) is 26.2 Å². The van der Waals surface area contributed by atoms with Crippen molar-refractivity contribution in [2.24, 2.45) is 0 Å². The third kappa shape index (κ3) is 4.48. The summed E-state index contributed by atoms with van der Waals surface area (Å²) in [6, 6.07) is 13.0. The number of amides is 1. The van der Waals surface area contributed by atoms with E-state index in [1.165, 1.54) is 6.92 Å². The van der Waals surface area contributed by atoms with Crippen molar-refractivity contribution < 1.29 is 18.8 Å². The van der Waals surface area contributed by atoms with Gasteiger partial charge in [-0.1, -0.05) is 29.4 Å². The molecule has 0 spiro atoms. The molecule has 1 saturated carbocycles. The third-order valence-corrected chi connectivity index (χ3v) is 5.16. The Morgan fingerprint density at radius 2 is 1.90 bits per heavy atom. The van der Waals surface area contributed by atoms with Gasteiger partial charge in [-0.2, -0.15) is 0 Å². The number of nitrogens with zero attached hydrogens (tertiary/aromatic N) is 2. The van der Waals surface area contributed by atoms with Crippen LogP contribution in [0.25, 0.3) is 11.1 Å². The summed E-state index contributed by atoms with van der Waals surface area (Å²) < 4.78 is 10.4. The smallest absolute Gasteiger partial charge is 0.302 e. The number of anilines is 2. The molecule has 1 aliphatic carbocycles. The van der Waals surface area contributed by atoms with Crippen LogP contribution in [0.1, 0.15) is 31.0 Å². The topological polar surface area (TPSA) is 120 Å². The second-order valence-corrected chi connectivity index (χ2v) is 7.53. The molecule has 2 heterocycles. The van der Waals surface area contributed by atoms with E-state index in [1.54, 1.807) is 18.3 Å². The number of nitrogen functional groups attached to an aromatic ring is 1. The highest BCUT2D eigenvalue weighted by Crippen LogP contribution is 2.48. The molecule has 1 aromatic carbocycles. The Bertz CT molecular complexity index is 1050. The molecule has 0 aliphatic heterocycles. The lowest BCUT2D eigenvalue weighted by Crippen LogP contribution is -2.17. The maximum atomic E-state index is 12.4. The number of carbonyl (C=O) groups excluding carboxylic acids is 2. The molecular weight excluding hydrogens is 384 g/mol. The number of rotatable bonds is 7. The van der Waals surface area contributed by atoms with Gasteiger partial charge in [0.2, 0.25) is 11.8 Å². The zero-order valence-corrected chi connectivity index (χ0v) is 16.6. The minimum atomic E-state index is -0.322. The number of nitrogens with two attached hydrogens (primary N) is 1. The minimum Gasteiger partial charge on any atom is -0.465 e. The van der Waals surface area contributed by atoms with Crippen LogP contribution in [0.3, 0.4) is 0 Å². The van der Waals surface area contributed by atoms with Gasteiger partial charge in [-0.15, -0.1) is 0 Å². The van der Waals surface area contributed by atoms with E-state index < -0.39 is 0 Å². The molecule has 0 radical (unpaired) electrons. The SMILES string of the molecule is CC(=O)OCC1(c2cc(NC(=O)Cc3ccc(-c4ccc(N)nc4)cc3)on2)CC1. The van der Waals surface area contributed by atoms with Gasteiger partial charge in [-0.25, -0.2) is 4.98 Å². The van der Waals surface area contributed by atoms with Crippen molar-refractivity contribution in [3.8, 4) is 11.1 Å². The van der Waals surface area contributed by atoms with Crippen LogP contribution in [0, 0.1) is 0 Å². The number of aromatic nitrogens is 2. The molecule has 0 saturated heterocycles. The van der Waals surface area contributed by atoms with Crippen LogP contribution in [0.4, 0.5) is 11.7 Å². The summed E-state index contributed by atoms with van der Waals surface area (Å²) in [7, 11) is 0.